The van der Waals surface area contributed by atoms with Crippen LogP contribution in [0.1, 0.15) is 258 Å². The van der Waals surface area contributed by atoms with Gasteiger partial charge in [-0.1, -0.05) is 212 Å². The number of ether oxygens (including phenoxy) is 3. The summed E-state index contributed by atoms with van der Waals surface area (Å²) in [6, 6.07) is -0.612. The Kier molecular flexibility index (Phi) is 43.3. The second-order valence-corrected chi connectivity index (χ2v) is 19.1. The molecule has 2 atom stereocenters. The van der Waals surface area contributed by atoms with Gasteiger partial charge in [0.05, 0.1) is 34.4 Å². The van der Waals surface area contributed by atoms with E-state index in [-0.39, 0.29) is 36.2 Å². The number of carbonyl (C=O) groups is 3. The number of aliphatic carboxylic acids is 1. The highest BCUT2D eigenvalue weighted by Crippen LogP contribution is 2.16. The summed E-state index contributed by atoms with van der Waals surface area (Å²) in [4.78, 5) is 37.1. The molecule has 61 heavy (non-hydrogen) atoms. The molecule has 0 saturated heterocycles. The van der Waals surface area contributed by atoms with Gasteiger partial charge in [-0.05, 0) is 38.5 Å². The molecule has 0 aromatic rings. The number of rotatable bonds is 48. The van der Waals surface area contributed by atoms with Crippen LogP contribution in [0, 0.1) is 0 Å². The Balaban J connectivity index is 4.19. The third-order valence-corrected chi connectivity index (χ3v) is 12.2. The lowest BCUT2D eigenvalue weighted by atomic mass is 10.0. The summed E-state index contributed by atoms with van der Waals surface area (Å²) >= 11 is 0. The van der Waals surface area contributed by atoms with Crippen LogP contribution < -0.4 is 0 Å². The van der Waals surface area contributed by atoms with Gasteiger partial charge in [0.15, 0.2) is 12.1 Å². The van der Waals surface area contributed by atoms with Gasteiger partial charge in [0.1, 0.15) is 6.61 Å². The fraction of sp³-hybridized carbons (Fsp3) is 0.906. The molecule has 0 spiro atoms. The highest BCUT2D eigenvalue weighted by molar-refractivity contribution is 5.72. The Labute approximate surface area is 378 Å². The summed E-state index contributed by atoms with van der Waals surface area (Å²) in [7, 11) is 5.55. The van der Waals surface area contributed by atoms with Crippen LogP contribution in [0.15, 0.2) is 12.2 Å². The quantitative estimate of drug-likeness (QED) is 0.0281. The van der Waals surface area contributed by atoms with Gasteiger partial charge in [-0.25, -0.2) is 4.79 Å². The fourth-order valence-electron chi connectivity index (χ4n) is 8.09. The van der Waals surface area contributed by atoms with Crippen molar-refractivity contribution in [1.29, 1.82) is 0 Å². The van der Waals surface area contributed by atoms with Gasteiger partial charge in [0, 0.05) is 19.3 Å². The van der Waals surface area contributed by atoms with Gasteiger partial charge in [0.25, 0.3) is 0 Å². The number of quaternary nitrogens is 1. The first-order chi connectivity index (χ1) is 29.6. The van der Waals surface area contributed by atoms with Crippen LogP contribution in [-0.2, 0) is 28.6 Å². The van der Waals surface area contributed by atoms with E-state index in [1.165, 1.54) is 186 Å². The molecule has 0 fully saturated rings. The first-order valence-corrected chi connectivity index (χ1v) is 26.2. The molecule has 0 saturated carbocycles. The number of esters is 2. The van der Waals surface area contributed by atoms with E-state index in [2.05, 4.69) is 26.0 Å². The maximum atomic E-state index is 12.8. The number of hydrogen-bond acceptors (Lipinski definition) is 6. The van der Waals surface area contributed by atoms with E-state index in [0.29, 0.717) is 19.3 Å². The highest BCUT2D eigenvalue weighted by Gasteiger charge is 2.31. The van der Waals surface area contributed by atoms with Crippen molar-refractivity contribution in [3.63, 3.8) is 0 Å². The molecule has 0 amide bonds. The lowest BCUT2D eigenvalue weighted by Gasteiger charge is -2.31. The molecule has 8 heteroatoms. The number of carbonyl (C=O) groups excluding carboxylic acids is 2. The first kappa shape index (κ1) is 59.1. The molecular weight excluding hydrogens is 763 g/mol. The average Bonchev–Trinajstić information content (AvgIpc) is 3.22. The summed E-state index contributed by atoms with van der Waals surface area (Å²) in [6.07, 6.45) is 49.7. The van der Waals surface area contributed by atoms with Crippen LogP contribution in [0.2, 0.25) is 0 Å². The smallest absolute Gasteiger partial charge is 0.362 e. The molecule has 0 aromatic carbocycles. The van der Waals surface area contributed by atoms with E-state index < -0.39 is 18.1 Å². The summed E-state index contributed by atoms with van der Waals surface area (Å²) in [5.74, 6) is -1.45. The molecule has 8 nitrogen and oxygen atoms in total. The van der Waals surface area contributed by atoms with Crippen molar-refractivity contribution in [2.24, 2.45) is 0 Å². The lowest BCUT2D eigenvalue weighted by molar-refractivity contribution is -0.887. The minimum Gasteiger partial charge on any atom is -0.477 e. The van der Waals surface area contributed by atoms with Crippen molar-refractivity contribution in [1.82, 2.24) is 0 Å². The predicted molar refractivity (Wildman–Crippen MR) is 257 cm³/mol. The molecule has 0 aliphatic rings. The second kappa shape index (κ2) is 44.7. The Morgan fingerprint density at radius 1 is 0.475 bits per heavy atom. The van der Waals surface area contributed by atoms with Crippen molar-refractivity contribution in [2.75, 3.05) is 41.0 Å². The topological polar surface area (TPSA) is 99.1 Å². The number of carboxylic acids is 1. The van der Waals surface area contributed by atoms with Crippen LogP contribution in [0.4, 0.5) is 0 Å². The maximum Gasteiger partial charge on any atom is 0.362 e. The monoisotopic (exact) mass is 865 g/mol. The number of likely N-dealkylation sites (N-methyl/N-ethyl adjacent to an activating group) is 1. The van der Waals surface area contributed by atoms with E-state index in [4.69, 9.17) is 14.2 Å². The molecular formula is C53H102NO7+. The number of carboxylic acid groups (broad SMARTS) is 1. The Hall–Kier alpha value is -1.93. The number of unbranched alkanes of at least 4 members (excludes halogenated alkanes) is 32. The zero-order valence-corrected chi connectivity index (χ0v) is 41.1. The lowest BCUT2D eigenvalue weighted by Crippen LogP contribution is -2.50. The van der Waals surface area contributed by atoms with Crippen molar-refractivity contribution in [2.45, 2.75) is 270 Å². The highest BCUT2D eigenvalue weighted by atomic mass is 16.6. The van der Waals surface area contributed by atoms with E-state index in [1.54, 1.807) is 0 Å². The van der Waals surface area contributed by atoms with Crippen LogP contribution in [-0.4, -0.2) is 80.6 Å². The Morgan fingerprint density at radius 2 is 0.820 bits per heavy atom. The van der Waals surface area contributed by atoms with Gasteiger partial charge in [-0.2, -0.15) is 0 Å². The Bertz CT molecular complexity index is 1010. The summed E-state index contributed by atoms with van der Waals surface area (Å²) in [5.41, 5.74) is 0. The van der Waals surface area contributed by atoms with Crippen molar-refractivity contribution in [3.05, 3.63) is 12.2 Å². The summed E-state index contributed by atoms with van der Waals surface area (Å²) < 4.78 is 17.4. The molecule has 0 aliphatic heterocycles. The molecule has 0 radical (unpaired) electrons. The molecule has 360 valence electrons. The van der Waals surface area contributed by atoms with Crippen molar-refractivity contribution >= 4 is 17.9 Å². The normalized spacial score (nSPS) is 12.9. The predicted octanol–water partition coefficient (Wildman–Crippen LogP) is 15.0. The molecule has 0 aliphatic carbocycles. The van der Waals surface area contributed by atoms with E-state index in [9.17, 15) is 19.5 Å². The molecule has 0 aromatic heterocycles. The minimum absolute atomic E-state index is 0.0461. The minimum atomic E-state index is -0.871. The third kappa shape index (κ3) is 43.1. The number of hydrogen-bond donors (Lipinski definition) is 1. The fourth-order valence-corrected chi connectivity index (χ4v) is 8.09. The molecule has 0 rings (SSSR count). The maximum absolute atomic E-state index is 12.8. The first-order valence-electron chi connectivity index (χ1n) is 26.2. The summed E-state index contributed by atoms with van der Waals surface area (Å²) in [5, 5.41) is 9.65. The van der Waals surface area contributed by atoms with Crippen LogP contribution >= 0.6 is 0 Å². The van der Waals surface area contributed by atoms with Crippen LogP contribution in [0.3, 0.4) is 0 Å². The molecule has 0 heterocycles. The molecule has 1 N–H and O–H groups in total. The molecule has 0 bridgehead atoms. The van der Waals surface area contributed by atoms with Gasteiger partial charge >= 0.3 is 17.9 Å². The third-order valence-electron chi connectivity index (χ3n) is 12.2. The largest absolute Gasteiger partial charge is 0.477 e. The van der Waals surface area contributed by atoms with Crippen LogP contribution in [0.5, 0.6) is 0 Å². The second-order valence-electron chi connectivity index (χ2n) is 19.1. The van der Waals surface area contributed by atoms with Crippen molar-refractivity contribution < 1.29 is 38.2 Å². The van der Waals surface area contributed by atoms with Crippen molar-refractivity contribution in [3.8, 4) is 0 Å². The van der Waals surface area contributed by atoms with Gasteiger partial charge in [0.2, 0.25) is 0 Å². The Morgan fingerprint density at radius 3 is 1.18 bits per heavy atom. The van der Waals surface area contributed by atoms with E-state index in [1.807, 2.05) is 21.1 Å². The van der Waals surface area contributed by atoms with Gasteiger partial charge in [-0.15, -0.1) is 0 Å². The zero-order valence-electron chi connectivity index (χ0n) is 41.1. The number of allylic oxidation sites excluding steroid dienone is 2. The van der Waals surface area contributed by atoms with Gasteiger partial charge < -0.3 is 23.8 Å². The summed E-state index contributed by atoms with van der Waals surface area (Å²) in [6.45, 7) is 4.78. The van der Waals surface area contributed by atoms with Gasteiger partial charge in [-0.3, -0.25) is 9.59 Å². The van der Waals surface area contributed by atoms with E-state index >= 15 is 0 Å². The molecule has 2 unspecified atom stereocenters. The van der Waals surface area contributed by atoms with E-state index in [0.717, 1.165) is 38.5 Å². The SMILES string of the molecule is CCCCCCCCCCCCC/C=C/CCCCCCCCCC(=O)OC(COCCC(C(=O)O)[N+](C)(C)C)COC(=O)CCCCCCCCCCCCCCCCC. The standard InChI is InChI=1S/C53H101NO7/c1-6-8-10-12-14-16-18-20-22-23-24-25-26-27-28-30-32-34-36-38-40-42-44-52(56)61-49(47-59-46-45-50(53(57)58)54(3,4)5)48-60-51(55)43-41-39-37-35-33-31-29-21-19-17-15-13-11-9-7-2/h26-27,49-50H,6-25,28-48H2,1-5H3/p+1/b27-26+. The zero-order chi connectivity index (χ0) is 44.9. The van der Waals surface area contributed by atoms with Crippen LogP contribution in [0.25, 0.3) is 0 Å². The number of nitrogens with zero attached hydrogens (tertiary/aromatic N) is 1. The average molecular weight is 865 g/mol.